The van der Waals surface area contributed by atoms with E-state index in [1.54, 1.807) is 6.07 Å². The summed E-state index contributed by atoms with van der Waals surface area (Å²) in [7, 11) is 1.51. The predicted octanol–water partition coefficient (Wildman–Crippen LogP) is 5.59. The SMILES string of the molecule is COCOc1cc(OCCN=[N+]=[N-])cc2c1C(=O)O[C@@H](C)[C@H](C)/C=C\C(C)C1OC(C)(C)OC1CCC2. The van der Waals surface area contributed by atoms with Crippen molar-refractivity contribution in [2.45, 2.75) is 78.0 Å². The molecule has 0 radical (unpaired) electrons. The number of carbonyl (C=O) groups excluding carboxylic acids is 1. The van der Waals surface area contributed by atoms with Gasteiger partial charge >= 0.3 is 5.97 Å². The van der Waals surface area contributed by atoms with Crippen LogP contribution in [0.25, 0.3) is 10.4 Å². The van der Waals surface area contributed by atoms with Crippen LogP contribution in [0, 0.1) is 11.8 Å². The smallest absolute Gasteiger partial charge is 0.342 e. The highest BCUT2D eigenvalue weighted by atomic mass is 16.8. The monoisotopic (exact) mass is 517 g/mol. The lowest BCUT2D eigenvalue weighted by Gasteiger charge is -2.24. The van der Waals surface area contributed by atoms with Crippen LogP contribution >= 0.6 is 0 Å². The summed E-state index contributed by atoms with van der Waals surface area (Å²) in [5, 5.41) is 3.51. The van der Waals surface area contributed by atoms with Gasteiger partial charge in [0.05, 0.1) is 25.4 Å². The van der Waals surface area contributed by atoms with E-state index < -0.39 is 11.8 Å². The molecule has 10 nitrogen and oxygen atoms in total. The minimum absolute atomic E-state index is 0.0155. The molecule has 0 aromatic heterocycles. The number of azide groups is 1. The van der Waals surface area contributed by atoms with Crippen molar-refractivity contribution in [3.8, 4) is 11.5 Å². The second-order valence-corrected chi connectivity index (χ2v) is 10.1. The van der Waals surface area contributed by atoms with Crippen molar-refractivity contribution < 1.29 is 33.2 Å². The van der Waals surface area contributed by atoms with E-state index in [0.29, 0.717) is 23.5 Å². The first-order chi connectivity index (χ1) is 17.6. The van der Waals surface area contributed by atoms with E-state index >= 15 is 0 Å². The van der Waals surface area contributed by atoms with E-state index in [4.69, 9.17) is 34.0 Å². The van der Waals surface area contributed by atoms with Gasteiger partial charge in [0.1, 0.15) is 23.2 Å². The number of rotatable bonds is 7. The average molecular weight is 518 g/mol. The summed E-state index contributed by atoms with van der Waals surface area (Å²) in [5.41, 5.74) is 9.63. The largest absolute Gasteiger partial charge is 0.493 e. The Morgan fingerprint density at radius 2 is 1.89 bits per heavy atom. The van der Waals surface area contributed by atoms with Crippen LogP contribution in [0.1, 0.15) is 63.4 Å². The van der Waals surface area contributed by atoms with Gasteiger partial charge in [-0.25, -0.2) is 4.79 Å². The van der Waals surface area contributed by atoms with Crippen LogP contribution in [0.15, 0.2) is 29.4 Å². The summed E-state index contributed by atoms with van der Waals surface area (Å²) in [6, 6.07) is 3.46. The third-order valence-electron chi connectivity index (χ3n) is 6.64. The van der Waals surface area contributed by atoms with E-state index in [2.05, 4.69) is 29.1 Å². The standard InChI is InChI=1S/C27H39N3O7/c1-17-10-11-18(2)25-22(36-27(4,5)37-25)9-7-8-20-14-21(33-13-12-29-30-28)15-23(34-16-32-6)24(20)26(31)35-19(17)3/h10-11,14-15,17-19,22,25H,7-9,12-13,16H2,1-6H3/b11-10-/t17-,18?,19+,22?,25?/m1/s1. The first-order valence-electron chi connectivity index (χ1n) is 12.8. The summed E-state index contributed by atoms with van der Waals surface area (Å²) in [5.74, 6) is -0.173. The maximum Gasteiger partial charge on any atom is 0.342 e. The molecule has 0 saturated carbocycles. The Morgan fingerprint density at radius 3 is 2.62 bits per heavy atom. The van der Waals surface area contributed by atoms with Gasteiger partial charge in [0, 0.05) is 29.9 Å². The summed E-state index contributed by atoms with van der Waals surface area (Å²) in [6.45, 7) is 10.2. The van der Waals surface area contributed by atoms with Crippen molar-refractivity contribution >= 4 is 5.97 Å². The molecule has 0 bridgehead atoms. The van der Waals surface area contributed by atoms with Crippen LogP contribution < -0.4 is 9.47 Å². The number of benzene rings is 1. The molecule has 0 N–H and O–H groups in total. The second-order valence-electron chi connectivity index (χ2n) is 10.1. The third-order valence-corrected chi connectivity index (χ3v) is 6.64. The maximum absolute atomic E-state index is 13.5. The molecule has 0 amide bonds. The normalized spacial score (nSPS) is 28.6. The zero-order chi connectivity index (χ0) is 27.0. The summed E-state index contributed by atoms with van der Waals surface area (Å²) in [6.07, 6.45) is 5.76. The second kappa shape index (κ2) is 13.1. The van der Waals surface area contributed by atoms with E-state index in [0.717, 1.165) is 18.4 Å². The number of cyclic esters (lactones) is 1. The van der Waals surface area contributed by atoms with Crippen molar-refractivity contribution in [2.75, 3.05) is 27.1 Å². The molecule has 2 aliphatic heterocycles. The number of hydrogen-bond acceptors (Lipinski definition) is 8. The molecule has 2 heterocycles. The Hall–Kier alpha value is -2.78. The van der Waals surface area contributed by atoms with Crippen LogP contribution in [0.5, 0.6) is 11.5 Å². The Labute approximate surface area is 218 Å². The quantitative estimate of drug-likeness (QED) is 0.0879. The number of aryl methyl sites for hydroxylation is 1. The molecule has 204 valence electrons. The molecule has 3 rings (SSSR count). The molecule has 0 spiro atoms. The molecule has 1 saturated heterocycles. The first-order valence-corrected chi connectivity index (χ1v) is 12.8. The van der Waals surface area contributed by atoms with Crippen molar-refractivity contribution in [2.24, 2.45) is 17.0 Å². The van der Waals surface area contributed by atoms with Crippen LogP contribution in [0.3, 0.4) is 0 Å². The molecule has 2 aliphatic rings. The lowest BCUT2D eigenvalue weighted by atomic mass is 9.92. The molecule has 1 fully saturated rings. The molecule has 1 aromatic rings. The molecule has 0 aliphatic carbocycles. The Kier molecular flexibility index (Phi) is 10.2. The van der Waals surface area contributed by atoms with E-state index in [1.807, 2.05) is 33.8 Å². The lowest BCUT2D eigenvalue weighted by Crippen LogP contribution is -2.29. The number of nitrogens with zero attached hydrogens (tertiary/aromatic N) is 3. The summed E-state index contributed by atoms with van der Waals surface area (Å²) in [4.78, 5) is 16.2. The molecule has 3 unspecified atom stereocenters. The fourth-order valence-electron chi connectivity index (χ4n) is 4.62. The average Bonchev–Trinajstić information content (AvgIpc) is 3.17. The highest BCUT2D eigenvalue weighted by molar-refractivity contribution is 5.94. The molecule has 10 heteroatoms. The Morgan fingerprint density at radius 1 is 1.14 bits per heavy atom. The molecule has 5 atom stereocenters. The van der Waals surface area contributed by atoms with E-state index in [1.165, 1.54) is 7.11 Å². The first kappa shape index (κ1) is 28.8. The van der Waals surface area contributed by atoms with Gasteiger partial charge in [0.25, 0.3) is 0 Å². The molecule has 1 aromatic carbocycles. The number of fused-ring (bicyclic) bond motifs is 2. The number of carbonyl (C=O) groups is 1. The molecular weight excluding hydrogens is 478 g/mol. The van der Waals surface area contributed by atoms with Gasteiger partial charge in [0.2, 0.25) is 0 Å². The van der Waals surface area contributed by atoms with Crippen molar-refractivity contribution in [3.05, 3.63) is 45.9 Å². The predicted molar refractivity (Wildman–Crippen MR) is 138 cm³/mol. The fourth-order valence-corrected chi connectivity index (χ4v) is 4.62. The number of methoxy groups -OCH3 is 1. The van der Waals surface area contributed by atoms with Gasteiger partial charge in [-0.2, -0.15) is 0 Å². The van der Waals surface area contributed by atoms with Crippen LogP contribution in [-0.2, 0) is 25.4 Å². The van der Waals surface area contributed by atoms with Gasteiger partial charge in [-0.1, -0.05) is 31.1 Å². The molecular formula is C27H39N3O7. The van der Waals surface area contributed by atoms with Crippen molar-refractivity contribution in [1.29, 1.82) is 0 Å². The number of hydrogen-bond donors (Lipinski definition) is 0. The Bertz CT molecular complexity index is 1010. The summed E-state index contributed by atoms with van der Waals surface area (Å²) >= 11 is 0. The zero-order valence-electron chi connectivity index (χ0n) is 22.6. The van der Waals surface area contributed by atoms with E-state index in [-0.39, 0.29) is 50.1 Å². The zero-order valence-corrected chi connectivity index (χ0v) is 22.6. The van der Waals surface area contributed by atoms with Gasteiger partial charge in [-0.15, -0.1) is 0 Å². The van der Waals surface area contributed by atoms with Crippen LogP contribution in [-0.4, -0.2) is 57.1 Å². The highest BCUT2D eigenvalue weighted by Gasteiger charge is 2.43. The topological polar surface area (TPSA) is 121 Å². The Balaban J connectivity index is 1.98. The highest BCUT2D eigenvalue weighted by Crippen LogP contribution is 2.37. The van der Waals surface area contributed by atoms with Gasteiger partial charge in [-0.3, -0.25) is 0 Å². The summed E-state index contributed by atoms with van der Waals surface area (Å²) < 4.78 is 35.1. The molecule has 37 heavy (non-hydrogen) atoms. The van der Waals surface area contributed by atoms with Gasteiger partial charge < -0.3 is 28.4 Å². The number of esters is 1. The fraction of sp³-hybridized carbons (Fsp3) is 0.667. The number of ether oxygens (including phenoxy) is 6. The minimum Gasteiger partial charge on any atom is -0.493 e. The maximum atomic E-state index is 13.5. The lowest BCUT2D eigenvalue weighted by molar-refractivity contribution is -0.149. The van der Waals surface area contributed by atoms with Crippen molar-refractivity contribution in [1.82, 2.24) is 0 Å². The van der Waals surface area contributed by atoms with Crippen LogP contribution in [0.2, 0.25) is 0 Å². The van der Waals surface area contributed by atoms with Gasteiger partial charge in [-0.05, 0) is 57.2 Å². The third kappa shape index (κ3) is 7.85. The van der Waals surface area contributed by atoms with Crippen LogP contribution in [0.4, 0.5) is 0 Å². The van der Waals surface area contributed by atoms with E-state index in [9.17, 15) is 4.79 Å². The van der Waals surface area contributed by atoms with Crippen molar-refractivity contribution in [3.63, 3.8) is 0 Å². The van der Waals surface area contributed by atoms with Gasteiger partial charge in [0.15, 0.2) is 12.6 Å². The minimum atomic E-state index is -0.657.